The van der Waals surface area contributed by atoms with E-state index in [1.165, 1.54) is 0 Å². The van der Waals surface area contributed by atoms with Gasteiger partial charge in [-0.2, -0.15) is 0 Å². The van der Waals surface area contributed by atoms with Crippen molar-refractivity contribution in [3.05, 3.63) is 90.0 Å². The van der Waals surface area contributed by atoms with Gasteiger partial charge in [-0.3, -0.25) is 9.52 Å². The highest BCUT2D eigenvalue weighted by Crippen LogP contribution is 2.19. The van der Waals surface area contributed by atoms with Crippen molar-refractivity contribution >= 4 is 21.7 Å². The Kier molecular flexibility index (Phi) is 7.67. The Morgan fingerprint density at radius 3 is 2.39 bits per heavy atom. The summed E-state index contributed by atoms with van der Waals surface area (Å²) in [5, 5.41) is 8.87. The van der Waals surface area contributed by atoms with E-state index >= 15 is 0 Å². The summed E-state index contributed by atoms with van der Waals surface area (Å²) >= 11 is 0. The van der Waals surface area contributed by atoms with Crippen LogP contribution in [0.25, 0.3) is 0 Å². The lowest BCUT2D eigenvalue weighted by Gasteiger charge is -2.10. The minimum atomic E-state index is -3.61. The number of carbonyl (C=O) groups is 1. The van der Waals surface area contributed by atoms with Crippen LogP contribution < -0.4 is 9.46 Å². The van der Waals surface area contributed by atoms with E-state index in [1.807, 2.05) is 24.3 Å². The maximum absolute atomic E-state index is 12.5. The molecule has 2 N–H and O–H groups in total. The summed E-state index contributed by atoms with van der Waals surface area (Å²) in [6, 6.07) is 22.8. The van der Waals surface area contributed by atoms with Gasteiger partial charge in [0.25, 0.3) is 10.0 Å². The van der Waals surface area contributed by atoms with Crippen molar-refractivity contribution < 1.29 is 23.1 Å². The first-order chi connectivity index (χ1) is 14.9. The van der Waals surface area contributed by atoms with E-state index in [-0.39, 0.29) is 11.3 Å². The number of hydrogen-bond donors (Lipinski definition) is 2. The molecule has 162 valence electrons. The zero-order valence-electron chi connectivity index (χ0n) is 17.0. The molecule has 7 heteroatoms. The average Bonchev–Trinajstić information content (AvgIpc) is 2.74. The Morgan fingerprint density at radius 2 is 1.61 bits per heavy atom. The van der Waals surface area contributed by atoms with Gasteiger partial charge in [0, 0.05) is 5.69 Å². The van der Waals surface area contributed by atoms with Crippen molar-refractivity contribution in [1.82, 2.24) is 0 Å². The third kappa shape index (κ3) is 7.15. The van der Waals surface area contributed by atoms with Gasteiger partial charge in [0.15, 0.2) is 0 Å². The molecule has 3 aromatic rings. The molecule has 0 aliphatic heterocycles. The molecule has 0 spiro atoms. The lowest BCUT2D eigenvalue weighted by molar-refractivity contribution is -0.136. The van der Waals surface area contributed by atoms with Crippen molar-refractivity contribution in [2.45, 2.75) is 30.6 Å². The summed E-state index contributed by atoms with van der Waals surface area (Å²) in [5.41, 5.74) is 2.28. The summed E-state index contributed by atoms with van der Waals surface area (Å²) in [5.74, 6) is -0.207. The molecule has 0 saturated carbocycles. The molecule has 0 fully saturated rings. The number of rotatable bonds is 11. The number of sulfonamides is 1. The van der Waals surface area contributed by atoms with E-state index in [1.54, 1.807) is 54.6 Å². The van der Waals surface area contributed by atoms with Crippen LogP contribution in [0, 0.1) is 0 Å². The van der Waals surface area contributed by atoms with Crippen molar-refractivity contribution in [3.63, 3.8) is 0 Å². The van der Waals surface area contributed by atoms with Gasteiger partial charge in [0.05, 0.1) is 17.9 Å². The molecule has 0 unspecified atom stereocenters. The van der Waals surface area contributed by atoms with Gasteiger partial charge >= 0.3 is 5.97 Å². The van der Waals surface area contributed by atoms with Crippen LogP contribution in [0.2, 0.25) is 0 Å². The number of benzene rings is 3. The number of carboxylic acid groups (broad SMARTS) is 1. The van der Waals surface area contributed by atoms with Crippen LogP contribution >= 0.6 is 0 Å². The number of hydrogen-bond acceptors (Lipinski definition) is 4. The molecule has 31 heavy (non-hydrogen) atoms. The van der Waals surface area contributed by atoms with Crippen LogP contribution in [0.5, 0.6) is 5.75 Å². The predicted octanol–water partition coefficient (Wildman–Crippen LogP) is 4.52. The molecule has 6 nitrogen and oxygen atoms in total. The molecule has 0 saturated heterocycles. The predicted molar refractivity (Wildman–Crippen MR) is 120 cm³/mol. The summed E-state index contributed by atoms with van der Waals surface area (Å²) in [7, 11) is -3.61. The molecule has 3 rings (SSSR count). The zero-order valence-corrected chi connectivity index (χ0v) is 17.8. The first kappa shape index (κ1) is 22.4. The third-order valence-corrected chi connectivity index (χ3v) is 6.01. The Hall–Kier alpha value is -3.32. The van der Waals surface area contributed by atoms with Gasteiger partial charge < -0.3 is 9.84 Å². The molecule has 0 atom stereocenters. The highest BCUT2D eigenvalue weighted by Gasteiger charge is 2.13. The highest BCUT2D eigenvalue weighted by atomic mass is 32.2. The van der Waals surface area contributed by atoms with Crippen molar-refractivity contribution in [1.29, 1.82) is 0 Å². The number of aryl methyl sites for hydroxylation is 1. The first-order valence-electron chi connectivity index (χ1n) is 10.0. The van der Waals surface area contributed by atoms with Crippen molar-refractivity contribution in [2.24, 2.45) is 0 Å². The van der Waals surface area contributed by atoms with Crippen LogP contribution in [-0.4, -0.2) is 26.1 Å². The second kappa shape index (κ2) is 10.6. The summed E-state index contributed by atoms with van der Waals surface area (Å²) in [6.07, 6.45) is 2.47. The van der Waals surface area contributed by atoms with E-state index in [2.05, 4.69) is 4.72 Å². The van der Waals surface area contributed by atoms with Gasteiger partial charge in [-0.15, -0.1) is 0 Å². The fourth-order valence-corrected chi connectivity index (χ4v) is 4.22. The Labute approximate surface area is 182 Å². The number of nitrogens with one attached hydrogen (secondary N) is 1. The first-order valence-corrected chi connectivity index (χ1v) is 11.5. The Balaban J connectivity index is 1.47. The minimum absolute atomic E-state index is 0.0262. The maximum atomic E-state index is 12.5. The van der Waals surface area contributed by atoms with Gasteiger partial charge in [0.2, 0.25) is 0 Å². The van der Waals surface area contributed by atoms with Gasteiger partial charge in [0.1, 0.15) is 5.75 Å². The molecular formula is C24H25NO5S. The van der Waals surface area contributed by atoms with Crippen LogP contribution in [0.4, 0.5) is 5.69 Å². The van der Waals surface area contributed by atoms with Crippen LogP contribution in [0.1, 0.15) is 24.0 Å². The van der Waals surface area contributed by atoms with E-state index in [9.17, 15) is 13.2 Å². The monoisotopic (exact) mass is 439 g/mol. The van der Waals surface area contributed by atoms with Gasteiger partial charge in [-0.1, -0.05) is 42.5 Å². The van der Waals surface area contributed by atoms with Crippen LogP contribution in [0.15, 0.2) is 83.8 Å². The Bertz CT molecular complexity index is 1110. The van der Waals surface area contributed by atoms with E-state index in [4.69, 9.17) is 9.84 Å². The van der Waals surface area contributed by atoms with Gasteiger partial charge in [-0.25, -0.2) is 8.42 Å². The smallest absolute Gasteiger partial charge is 0.307 e. The highest BCUT2D eigenvalue weighted by molar-refractivity contribution is 7.92. The standard InChI is InChI=1S/C24H25NO5S/c26-24(27)18-20-10-7-12-22(17-20)30-15-5-4-8-19-9-6-11-21(16-19)25-31(28,29)23-13-2-1-3-14-23/h1-3,6-7,9-14,16-17,25H,4-5,8,15,18H2,(H,26,27). The average molecular weight is 440 g/mol. The Morgan fingerprint density at radius 1 is 0.871 bits per heavy atom. The quantitative estimate of drug-likeness (QED) is 0.429. The number of carboxylic acids is 1. The molecule has 0 amide bonds. The van der Waals surface area contributed by atoms with Gasteiger partial charge in [-0.05, 0) is 66.8 Å². The third-order valence-electron chi connectivity index (χ3n) is 4.62. The second-order valence-corrected chi connectivity index (χ2v) is 8.82. The number of aliphatic carboxylic acids is 1. The van der Waals surface area contributed by atoms with E-state index < -0.39 is 16.0 Å². The lowest BCUT2D eigenvalue weighted by atomic mass is 10.1. The van der Waals surface area contributed by atoms with Crippen molar-refractivity contribution in [3.8, 4) is 5.75 Å². The molecule has 0 aliphatic carbocycles. The fourth-order valence-electron chi connectivity index (χ4n) is 3.15. The minimum Gasteiger partial charge on any atom is -0.494 e. The normalized spacial score (nSPS) is 11.1. The molecule has 0 bridgehead atoms. The zero-order chi connectivity index (χ0) is 22.1. The molecule has 3 aromatic carbocycles. The fraction of sp³-hybridized carbons (Fsp3) is 0.208. The summed E-state index contributed by atoms with van der Waals surface area (Å²) in [4.78, 5) is 11.0. The number of unbranched alkanes of at least 4 members (excludes halogenated alkanes) is 1. The summed E-state index contributed by atoms with van der Waals surface area (Å²) in [6.45, 7) is 0.525. The van der Waals surface area contributed by atoms with Crippen LogP contribution in [0.3, 0.4) is 0 Å². The number of anilines is 1. The van der Waals surface area contributed by atoms with E-state index in [0.29, 0.717) is 23.6 Å². The number of ether oxygens (including phenoxy) is 1. The molecule has 0 aromatic heterocycles. The molecular weight excluding hydrogens is 414 g/mol. The van der Waals surface area contributed by atoms with E-state index in [0.717, 1.165) is 24.8 Å². The second-order valence-electron chi connectivity index (χ2n) is 7.14. The summed E-state index contributed by atoms with van der Waals surface area (Å²) < 4.78 is 33.3. The SMILES string of the molecule is O=C(O)Cc1cccc(OCCCCc2cccc(NS(=O)(=O)c3ccccc3)c2)c1. The topological polar surface area (TPSA) is 92.7 Å². The maximum Gasteiger partial charge on any atom is 0.307 e. The molecule has 0 aliphatic rings. The largest absolute Gasteiger partial charge is 0.494 e. The van der Waals surface area contributed by atoms with Crippen LogP contribution in [-0.2, 0) is 27.7 Å². The lowest BCUT2D eigenvalue weighted by Crippen LogP contribution is -2.12. The molecule has 0 heterocycles. The van der Waals surface area contributed by atoms with Crippen molar-refractivity contribution in [2.75, 3.05) is 11.3 Å². The molecule has 0 radical (unpaired) electrons.